The Morgan fingerprint density at radius 1 is 1.05 bits per heavy atom. The van der Waals surface area contributed by atoms with Gasteiger partial charge in [0.1, 0.15) is 0 Å². The largest absolute Gasteiger partial charge is 0.515 e. The molecule has 1 aliphatic rings. The standard InChI is InChI=1S/C18H25NO.CH3.Ni/c1-12(2)15-8-6-9-16(13(3)4)18(15)19-17-10-5-7-14(17)11-20;;/h6,8-9,11-13,20H,5,7,10H2,1-4H3;1H3;/q;-1;/b14-11-,19-17?;;. The van der Waals surface area contributed by atoms with Crippen molar-refractivity contribution in [2.45, 2.75) is 58.8 Å². The van der Waals surface area contributed by atoms with Crippen molar-refractivity contribution >= 4 is 11.4 Å². The molecule has 0 unspecified atom stereocenters. The topological polar surface area (TPSA) is 32.6 Å². The SMILES string of the molecule is CC(C)c1cccc(C(C)C)c1N=C1CCC/C1=C/O.[CH3-].[Ni]. The minimum Gasteiger partial charge on any atom is -0.515 e. The van der Waals surface area contributed by atoms with Crippen molar-refractivity contribution in [3.8, 4) is 0 Å². The summed E-state index contributed by atoms with van der Waals surface area (Å²) in [5.74, 6) is 0.909. The molecular formula is C19H28NNiO-. The normalized spacial score (nSPS) is 17.9. The second-order valence-corrected chi connectivity index (χ2v) is 6.16. The molecule has 0 heterocycles. The van der Waals surface area contributed by atoms with Crippen molar-refractivity contribution in [3.63, 3.8) is 0 Å². The Hall–Kier alpha value is -1.08. The Labute approximate surface area is 145 Å². The number of hydrogen-bond donors (Lipinski definition) is 1. The molecule has 1 aromatic carbocycles. The summed E-state index contributed by atoms with van der Waals surface area (Å²) >= 11 is 0. The van der Waals surface area contributed by atoms with Crippen molar-refractivity contribution in [1.82, 2.24) is 0 Å². The van der Waals surface area contributed by atoms with Crippen molar-refractivity contribution in [1.29, 1.82) is 0 Å². The number of para-hydroxylation sites is 1. The number of aliphatic hydroxyl groups excluding tert-OH is 1. The molecule has 0 amide bonds. The number of hydrogen-bond acceptors (Lipinski definition) is 2. The number of benzene rings is 1. The summed E-state index contributed by atoms with van der Waals surface area (Å²) in [6.07, 6.45) is 4.23. The monoisotopic (exact) mass is 344 g/mol. The molecule has 1 aliphatic carbocycles. The molecule has 1 aromatic rings. The van der Waals surface area contributed by atoms with E-state index in [1.54, 1.807) is 0 Å². The van der Waals surface area contributed by atoms with Gasteiger partial charge >= 0.3 is 0 Å². The molecule has 2 nitrogen and oxygen atoms in total. The average molecular weight is 345 g/mol. The second kappa shape index (κ2) is 9.15. The number of nitrogens with zero attached hydrogens (tertiary/aromatic N) is 1. The molecule has 2 rings (SSSR count). The third-order valence-corrected chi connectivity index (χ3v) is 3.98. The summed E-state index contributed by atoms with van der Waals surface area (Å²) in [5, 5.41) is 9.33. The molecule has 0 bridgehead atoms. The third-order valence-electron chi connectivity index (χ3n) is 3.98. The van der Waals surface area contributed by atoms with Gasteiger partial charge in [-0.15, -0.1) is 0 Å². The zero-order valence-electron chi connectivity index (χ0n) is 14.3. The zero-order valence-corrected chi connectivity index (χ0v) is 15.3. The molecule has 1 saturated carbocycles. The molecule has 22 heavy (non-hydrogen) atoms. The van der Waals surface area contributed by atoms with E-state index in [1.165, 1.54) is 17.4 Å². The smallest absolute Gasteiger partial charge is 0.0841 e. The number of aliphatic imine (C=N–C) groups is 1. The van der Waals surface area contributed by atoms with Gasteiger partial charge in [0.15, 0.2) is 0 Å². The Kier molecular flexibility index (Phi) is 8.70. The number of aliphatic hydroxyl groups is 1. The summed E-state index contributed by atoms with van der Waals surface area (Å²) in [7, 11) is 0. The first kappa shape index (κ1) is 20.9. The van der Waals surface area contributed by atoms with Gasteiger partial charge in [-0.05, 0) is 42.2 Å². The van der Waals surface area contributed by atoms with Crippen molar-refractivity contribution < 1.29 is 21.6 Å². The van der Waals surface area contributed by atoms with E-state index in [0.717, 1.165) is 36.2 Å². The van der Waals surface area contributed by atoms with E-state index in [9.17, 15) is 5.11 Å². The number of allylic oxidation sites excluding steroid dienone is 1. The fourth-order valence-electron chi connectivity index (χ4n) is 2.79. The Bertz CT molecular complexity index is 518. The minimum atomic E-state index is 0. The fraction of sp³-hybridized carbons (Fsp3) is 0.474. The van der Waals surface area contributed by atoms with Gasteiger partial charge < -0.3 is 12.5 Å². The minimum absolute atomic E-state index is 0. The summed E-state index contributed by atoms with van der Waals surface area (Å²) in [6, 6.07) is 6.48. The van der Waals surface area contributed by atoms with Crippen LogP contribution in [0, 0.1) is 7.43 Å². The van der Waals surface area contributed by atoms with Crippen molar-refractivity contribution in [2.75, 3.05) is 0 Å². The average Bonchev–Trinajstić information content (AvgIpc) is 2.85. The Morgan fingerprint density at radius 3 is 2.05 bits per heavy atom. The van der Waals surface area contributed by atoms with E-state index in [2.05, 4.69) is 45.9 Å². The van der Waals surface area contributed by atoms with Crippen LogP contribution >= 0.6 is 0 Å². The van der Waals surface area contributed by atoms with Crippen LogP contribution in [0.3, 0.4) is 0 Å². The maximum atomic E-state index is 9.33. The van der Waals surface area contributed by atoms with Gasteiger partial charge in [-0.1, -0.05) is 45.9 Å². The zero-order chi connectivity index (χ0) is 14.7. The summed E-state index contributed by atoms with van der Waals surface area (Å²) in [4.78, 5) is 4.94. The summed E-state index contributed by atoms with van der Waals surface area (Å²) in [5.41, 5.74) is 5.77. The first-order valence-corrected chi connectivity index (χ1v) is 7.58. The fourth-order valence-corrected chi connectivity index (χ4v) is 2.79. The summed E-state index contributed by atoms with van der Waals surface area (Å²) in [6.45, 7) is 8.84. The molecule has 1 fully saturated rings. The van der Waals surface area contributed by atoms with Gasteiger partial charge in [0, 0.05) is 27.8 Å². The second-order valence-electron chi connectivity index (χ2n) is 6.16. The van der Waals surface area contributed by atoms with Gasteiger partial charge in [0.25, 0.3) is 0 Å². The van der Waals surface area contributed by atoms with E-state index in [-0.39, 0.29) is 23.9 Å². The van der Waals surface area contributed by atoms with Crippen LogP contribution in [0.1, 0.15) is 69.9 Å². The first-order chi connectivity index (χ1) is 9.54. The van der Waals surface area contributed by atoms with E-state index in [4.69, 9.17) is 4.99 Å². The predicted molar refractivity (Wildman–Crippen MR) is 92.7 cm³/mol. The molecular weight excluding hydrogens is 317 g/mol. The molecule has 0 aromatic heterocycles. The molecule has 0 atom stereocenters. The molecule has 0 radical (unpaired) electrons. The maximum absolute atomic E-state index is 9.33. The van der Waals surface area contributed by atoms with Crippen molar-refractivity contribution in [3.05, 3.63) is 48.6 Å². The molecule has 1 N–H and O–H groups in total. The summed E-state index contributed by atoms with van der Waals surface area (Å²) < 4.78 is 0. The molecule has 126 valence electrons. The Morgan fingerprint density at radius 2 is 1.59 bits per heavy atom. The van der Waals surface area contributed by atoms with Gasteiger partial charge in [-0.2, -0.15) is 0 Å². The predicted octanol–water partition coefficient (Wildman–Crippen LogP) is 6.08. The van der Waals surface area contributed by atoms with Crippen LogP contribution in [-0.4, -0.2) is 10.8 Å². The van der Waals surface area contributed by atoms with Crippen molar-refractivity contribution in [2.24, 2.45) is 4.99 Å². The van der Waals surface area contributed by atoms with E-state index < -0.39 is 0 Å². The molecule has 0 aliphatic heterocycles. The quantitative estimate of drug-likeness (QED) is 0.402. The van der Waals surface area contributed by atoms with Crippen LogP contribution in [0.25, 0.3) is 0 Å². The number of rotatable bonds is 3. The van der Waals surface area contributed by atoms with Crippen LogP contribution < -0.4 is 0 Å². The van der Waals surface area contributed by atoms with E-state index in [0.29, 0.717) is 11.8 Å². The third kappa shape index (κ3) is 4.46. The van der Waals surface area contributed by atoms with Crippen LogP contribution in [-0.2, 0) is 16.5 Å². The first-order valence-electron chi connectivity index (χ1n) is 7.58. The van der Waals surface area contributed by atoms with Gasteiger partial charge in [0.2, 0.25) is 0 Å². The molecule has 0 spiro atoms. The van der Waals surface area contributed by atoms with Crippen LogP contribution in [0.15, 0.2) is 35.0 Å². The van der Waals surface area contributed by atoms with E-state index >= 15 is 0 Å². The van der Waals surface area contributed by atoms with Crippen LogP contribution in [0.2, 0.25) is 0 Å². The Balaban J connectivity index is 0.00000220. The molecule has 0 saturated heterocycles. The van der Waals surface area contributed by atoms with Gasteiger partial charge in [0.05, 0.1) is 11.9 Å². The molecule has 3 heteroatoms. The maximum Gasteiger partial charge on any atom is 0.0841 e. The van der Waals surface area contributed by atoms with Gasteiger partial charge in [-0.3, -0.25) is 4.99 Å². The van der Waals surface area contributed by atoms with Crippen LogP contribution in [0.4, 0.5) is 5.69 Å². The van der Waals surface area contributed by atoms with Crippen LogP contribution in [0.5, 0.6) is 0 Å². The van der Waals surface area contributed by atoms with Gasteiger partial charge in [-0.25, -0.2) is 0 Å². The van der Waals surface area contributed by atoms with E-state index in [1.807, 2.05) is 0 Å².